The van der Waals surface area contributed by atoms with Crippen molar-refractivity contribution in [2.45, 2.75) is 24.6 Å². The Hall–Kier alpha value is -0.710. The smallest absolute Gasteiger partial charge is 0.230 e. The number of halogens is 1. The summed E-state index contributed by atoms with van der Waals surface area (Å²) in [5.74, 6) is 1.47. The van der Waals surface area contributed by atoms with Crippen LogP contribution in [0.3, 0.4) is 0 Å². The fourth-order valence-electron chi connectivity index (χ4n) is 2.06. The fourth-order valence-corrected chi connectivity index (χ4v) is 3.00. The standard InChI is InChI=1S/C14H19ClN2OS/c15-12-5-3-11(4-6-12)9-19-10-14(18)17-8-13-2-1-7-16-13/h3-6,13,16H,1-2,7-10H2,(H,17,18). The average Bonchev–Trinajstić information content (AvgIpc) is 2.92. The summed E-state index contributed by atoms with van der Waals surface area (Å²) in [4.78, 5) is 11.7. The molecule has 5 heteroatoms. The highest BCUT2D eigenvalue weighted by Crippen LogP contribution is 2.15. The highest BCUT2D eigenvalue weighted by atomic mass is 35.5. The highest BCUT2D eigenvalue weighted by molar-refractivity contribution is 7.99. The Bertz CT molecular complexity index is 404. The van der Waals surface area contributed by atoms with E-state index in [1.165, 1.54) is 12.0 Å². The molecule has 0 bridgehead atoms. The highest BCUT2D eigenvalue weighted by Gasteiger charge is 2.14. The summed E-state index contributed by atoms with van der Waals surface area (Å²) in [5.41, 5.74) is 1.19. The molecule has 1 aromatic carbocycles. The summed E-state index contributed by atoms with van der Waals surface area (Å²) in [7, 11) is 0. The Morgan fingerprint density at radius 1 is 1.42 bits per heavy atom. The second kappa shape index (κ2) is 7.78. The van der Waals surface area contributed by atoms with E-state index in [9.17, 15) is 4.79 Å². The number of nitrogens with one attached hydrogen (secondary N) is 2. The normalized spacial score (nSPS) is 18.5. The van der Waals surface area contributed by atoms with Gasteiger partial charge in [0.05, 0.1) is 5.75 Å². The molecule has 0 radical (unpaired) electrons. The van der Waals surface area contributed by atoms with Crippen molar-refractivity contribution in [3.63, 3.8) is 0 Å². The molecule has 1 amide bonds. The van der Waals surface area contributed by atoms with Crippen molar-refractivity contribution in [2.75, 3.05) is 18.8 Å². The molecule has 1 atom stereocenters. The third-order valence-corrected chi connectivity index (χ3v) is 4.38. The Labute approximate surface area is 123 Å². The molecule has 2 N–H and O–H groups in total. The maximum Gasteiger partial charge on any atom is 0.230 e. The van der Waals surface area contributed by atoms with Crippen LogP contribution in [0.15, 0.2) is 24.3 Å². The number of carbonyl (C=O) groups excluding carboxylic acids is 1. The van der Waals surface area contributed by atoms with E-state index in [1.807, 2.05) is 24.3 Å². The summed E-state index contributed by atoms with van der Waals surface area (Å²) < 4.78 is 0. The van der Waals surface area contributed by atoms with Gasteiger partial charge in [0.15, 0.2) is 0 Å². The summed E-state index contributed by atoms with van der Waals surface area (Å²) in [6, 6.07) is 8.21. The average molecular weight is 299 g/mol. The van der Waals surface area contributed by atoms with E-state index in [0.29, 0.717) is 11.8 Å². The van der Waals surface area contributed by atoms with Gasteiger partial charge in [-0.2, -0.15) is 0 Å². The summed E-state index contributed by atoms with van der Waals surface area (Å²) in [6.07, 6.45) is 2.38. The van der Waals surface area contributed by atoms with Gasteiger partial charge in [0.25, 0.3) is 0 Å². The zero-order chi connectivity index (χ0) is 13.5. The van der Waals surface area contributed by atoms with Crippen LogP contribution in [0.2, 0.25) is 5.02 Å². The number of thioether (sulfide) groups is 1. The first-order valence-corrected chi connectivity index (χ1v) is 8.09. The molecule has 1 unspecified atom stereocenters. The number of rotatable bonds is 6. The molecule has 0 aromatic heterocycles. The number of amides is 1. The minimum Gasteiger partial charge on any atom is -0.354 e. The third kappa shape index (κ3) is 5.43. The Morgan fingerprint density at radius 3 is 2.89 bits per heavy atom. The van der Waals surface area contributed by atoms with Crippen LogP contribution in [0.5, 0.6) is 0 Å². The van der Waals surface area contributed by atoms with Crippen LogP contribution >= 0.6 is 23.4 Å². The van der Waals surface area contributed by atoms with Gasteiger partial charge in [0, 0.05) is 23.4 Å². The largest absolute Gasteiger partial charge is 0.354 e. The number of carbonyl (C=O) groups is 1. The van der Waals surface area contributed by atoms with Crippen LogP contribution in [-0.4, -0.2) is 30.8 Å². The van der Waals surface area contributed by atoms with Crippen LogP contribution in [0.4, 0.5) is 0 Å². The van der Waals surface area contributed by atoms with Gasteiger partial charge in [-0.15, -0.1) is 11.8 Å². The van der Waals surface area contributed by atoms with Crippen LogP contribution in [0.25, 0.3) is 0 Å². The molecule has 19 heavy (non-hydrogen) atoms. The molecule has 104 valence electrons. The number of hydrogen-bond donors (Lipinski definition) is 2. The lowest BCUT2D eigenvalue weighted by atomic mass is 10.2. The Kier molecular flexibility index (Phi) is 6.01. The van der Waals surface area contributed by atoms with E-state index in [4.69, 9.17) is 11.6 Å². The van der Waals surface area contributed by atoms with Crippen molar-refractivity contribution in [1.29, 1.82) is 0 Å². The molecule has 0 saturated carbocycles. The molecule has 0 spiro atoms. The van der Waals surface area contributed by atoms with Gasteiger partial charge < -0.3 is 10.6 Å². The van der Waals surface area contributed by atoms with E-state index in [2.05, 4.69) is 10.6 Å². The van der Waals surface area contributed by atoms with Crippen molar-refractivity contribution < 1.29 is 4.79 Å². The third-order valence-electron chi connectivity index (χ3n) is 3.12. The Balaban J connectivity index is 1.59. The van der Waals surface area contributed by atoms with Gasteiger partial charge in [-0.05, 0) is 37.1 Å². The van der Waals surface area contributed by atoms with Gasteiger partial charge in [0.1, 0.15) is 0 Å². The quantitative estimate of drug-likeness (QED) is 0.847. The lowest BCUT2D eigenvalue weighted by molar-refractivity contribution is -0.118. The molecule has 1 heterocycles. The second-order valence-electron chi connectivity index (χ2n) is 4.72. The van der Waals surface area contributed by atoms with E-state index in [0.717, 1.165) is 30.3 Å². The van der Waals surface area contributed by atoms with Crippen molar-refractivity contribution in [1.82, 2.24) is 10.6 Å². The molecular formula is C14H19ClN2OS. The van der Waals surface area contributed by atoms with Gasteiger partial charge in [-0.1, -0.05) is 23.7 Å². The van der Waals surface area contributed by atoms with Gasteiger partial charge in [-0.3, -0.25) is 4.79 Å². The minimum absolute atomic E-state index is 0.118. The van der Waals surface area contributed by atoms with Crippen molar-refractivity contribution >= 4 is 29.3 Å². The predicted octanol–water partition coefficient (Wildman–Crippen LogP) is 2.44. The minimum atomic E-state index is 0.118. The molecule has 2 rings (SSSR count). The maximum absolute atomic E-state index is 11.7. The first kappa shape index (κ1) is 14.7. The lowest BCUT2D eigenvalue weighted by Crippen LogP contribution is -2.37. The maximum atomic E-state index is 11.7. The topological polar surface area (TPSA) is 41.1 Å². The van der Waals surface area contributed by atoms with E-state index in [-0.39, 0.29) is 5.91 Å². The van der Waals surface area contributed by atoms with Crippen LogP contribution in [-0.2, 0) is 10.5 Å². The second-order valence-corrected chi connectivity index (χ2v) is 6.14. The fraction of sp³-hybridized carbons (Fsp3) is 0.500. The molecule has 3 nitrogen and oxygen atoms in total. The molecule has 1 aromatic rings. The predicted molar refractivity (Wildman–Crippen MR) is 81.6 cm³/mol. The van der Waals surface area contributed by atoms with Crippen LogP contribution in [0, 0.1) is 0 Å². The van der Waals surface area contributed by atoms with E-state index >= 15 is 0 Å². The van der Waals surface area contributed by atoms with Gasteiger partial charge in [0.2, 0.25) is 5.91 Å². The van der Waals surface area contributed by atoms with E-state index in [1.54, 1.807) is 11.8 Å². The van der Waals surface area contributed by atoms with Crippen LogP contribution in [0.1, 0.15) is 18.4 Å². The molecule has 1 aliphatic rings. The lowest BCUT2D eigenvalue weighted by Gasteiger charge is -2.11. The van der Waals surface area contributed by atoms with E-state index < -0.39 is 0 Å². The zero-order valence-corrected chi connectivity index (χ0v) is 12.4. The van der Waals surface area contributed by atoms with Gasteiger partial charge in [-0.25, -0.2) is 0 Å². The van der Waals surface area contributed by atoms with Crippen molar-refractivity contribution in [3.05, 3.63) is 34.9 Å². The summed E-state index contributed by atoms with van der Waals surface area (Å²) in [6.45, 7) is 1.83. The van der Waals surface area contributed by atoms with Crippen molar-refractivity contribution in [2.24, 2.45) is 0 Å². The molecule has 1 fully saturated rings. The number of benzene rings is 1. The first-order chi connectivity index (χ1) is 9.24. The first-order valence-electron chi connectivity index (χ1n) is 6.56. The molecule has 1 saturated heterocycles. The van der Waals surface area contributed by atoms with Gasteiger partial charge >= 0.3 is 0 Å². The number of hydrogen-bond acceptors (Lipinski definition) is 3. The summed E-state index contributed by atoms with van der Waals surface area (Å²) in [5, 5.41) is 7.09. The molecule has 1 aliphatic heterocycles. The Morgan fingerprint density at radius 2 is 2.21 bits per heavy atom. The molecule has 0 aliphatic carbocycles. The monoisotopic (exact) mass is 298 g/mol. The summed E-state index contributed by atoms with van der Waals surface area (Å²) >= 11 is 7.45. The molecular weight excluding hydrogens is 280 g/mol. The van der Waals surface area contributed by atoms with Crippen molar-refractivity contribution in [3.8, 4) is 0 Å². The SMILES string of the molecule is O=C(CSCc1ccc(Cl)cc1)NCC1CCCN1. The zero-order valence-electron chi connectivity index (χ0n) is 10.8. The van der Waals surface area contributed by atoms with Crippen LogP contribution < -0.4 is 10.6 Å².